The van der Waals surface area contributed by atoms with Gasteiger partial charge in [-0.05, 0) is 48.0 Å². The van der Waals surface area contributed by atoms with E-state index in [1.807, 2.05) is 24.3 Å². The highest BCUT2D eigenvalue weighted by molar-refractivity contribution is 7.92. The van der Waals surface area contributed by atoms with Crippen molar-refractivity contribution in [3.8, 4) is 11.5 Å². The third kappa shape index (κ3) is 5.31. The monoisotopic (exact) mass is 503 g/mol. The highest BCUT2D eigenvalue weighted by atomic mass is 32.2. The molecule has 4 aromatic rings. The third-order valence-corrected chi connectivity index (χ3v) is 7.16. The van der Waals surface area contributed by atoms with E-state index in [1.54, 1.807) is 61.5 Å². The number of phenols is 1. The minimum atomic E-state index is -4.10. The van der Waals surface area contributed by atoms with Crippen molar-refractivity contribution in [2.24, 2.45) is 5.10 Å². The summed E-state index contributed by atoms with van der Waals surface area (Å²) in [5.74, 6) is -0.334. The summed E-state index contributed by atoms with van der Waals surface area (Å²) in [4.78, 5) is 12.9. The Labute approximate surface area is 209 Å². The van der Waals surface area contributed by atoms with Gasteiger partial charge in [-0.1, -0.05) is 60.7 Å². The van der Waals surface area contributed by atoms with Crippen LogP contribution >= 0.6 is 0 Å². The zero-order chi connectivity index (χ0) is 25.5. The summed E-state index contributed by atoms with van der Waals surface area (Å²) in [5, 5.41) is 15.9. The maximum Gasteiger partial charge on any atom is 0.264 e. The number of aromatic hydroxyl groups is 1. The molecule has 0 radical (unpaired) electrons. The number of carbonyl (C=O) groups excluding carboxylic acids is 1. The van der Waals surface area contributed by atoms with Gasteiger partial charge in [-0.25, -0.2) is 13.8 Å². The molecule has 0 aromatic heterocycles. The first-order valence-electron chi connectivity index (χ1n) is 11.2. The maximum atomic E-state index is 13.5. The molecule has 0 aliphatic carbocycles. The summed E-state index contributed by atoms with van der Waals surface area (Å²) >= 11 is 0. The number of ether oxygens (including phenoxy) is 1. The molecule has 36 heavy (non-hydrogen) atoms. The van der Waals surface area contributed by atoms with Gasteiger partial charge in [0.15, 0.2) is 0 Å². The Morgan fingerprint density at radius 3 is 2.44 bits per heavy atom. The summed E-state index contributed by atoms with van der Waals surface area (Å²) in [7, 11) is -4.10. The molecule has 0 unspecified atom stereocenters. The molecule has 0 fully saturated rings. The molecule has 0 saturated carbocycles. The molecule has 9 heteroatoms. The lowest BCUT2D eigenvalue weighted by molar-refractivity contribution is -0.119. The zero-order valence-corrected chi connectivity index (χ0v) is 20.4. The second-order valence-electron chi connectivity index (χ2n) is 7.74. The lowest BCUT2D eigenvalue weighted by atomic mass is 10.0. The van der Waals surface area contributed by atoms with E-state index in [1.165, 1.54) is 18.3 Å². The average Bonchev–Trinajstić information content (AvgIpc) is 2.89. The number of hydrogen-bond acceptors (Lipinski definition) is 6. The van der Waals surface area contributed by atoms with Gasteiger partial charge in [0.05, 0.1) is 23.4 Å². The molecule has 4 aromatic carbocycles. The Bertz CT molecular complexity index is 1500. The van der Waals surface area contributed by atoms with E-state index in [2.05, 4.69) is 10.5 Å². The molecule has 1 amide bonds. The summed E-state index contributed by atoms with van der Waals surface area (Å²) in [6.07, 6.45) is 1.33. The van der Waals surface area contributed by atoms with E-state index in [9.17, 15) is 18.3 Å². The molecule has 0 spiro atoms. The van der Waals surface area contributed by atoms with Gasteiger partial charge in [-0.3, -0.25) is 9.10 Å². The lowest BCUT2D eigenvalue weighted by Crippen LogP contribution is -2.39. The molecule has 0 atom stereocenters. The van der Waals surface area contributed by atoms with Gasteiger partial charge in [-0.2, -0.15) is 5.10 Å². The number of nitrogens with one attached hydrogen (secondary N) is 1. The largest absolute Gasteiger partial charge is 0.507 e. The van der Waals surface area contributed by atoms with Gasteiger partial charge in [0.1, 0.15) is 18.0 Å². The minimum absolute atomic E-state index is 0.00521. The van der Waals surface area contributed by atoms with E-state index in [0.717, 1.165) is 15.1 Å². The predicted molar refractivity (Wildman–Crippen MR) is 140 cm³/mol. The number of amides is 1. The molecule has 0 saturated heterocycles. The second kappa shape index (κ2) is 10.9. The van der Waals surface area contributed by atoms with Gasteiger partial charge in [-0.15, -0.1) is 0 Å². The van der Waals surface area contributed by atoms with Crippen molar-refractivity contribution in [1.29, 1.82) is 0 Å². The summed E-state index contributed by atoms with van der Waals surface area (Å²) in [6.45, 7) is 1.57. The summed E-state index contributed by atoms with van der Waals surface area (Å²) in [5.41, 5.74) is 3.04. The van der Waals surface area contributed by atoms with Gasteiger partial charge in [0.25, 0.3) is 15.9 Å². The Hall–Kier alpha value is -4.37. The number of para-hydroxylation sites is 2. The van der Waals surface area contributed by atoms with Crippen molar-refractivity contribution in [3.63, 3.8) is 0 Å². The Kier molecular flexibility index (Phi) is 7.50. The molecule has 2 N–H and O–H groups in total. The van der Waals surface area contributed by atoms with Crippen LogP contribution in [0.1, 0.15) is 12.5 Å². The number of nitrogens with zero attached hydrogens (tertiary/aromatic N) is 2. The van der Waals surface area contributed by atoms with Gasteiger partial charge in [0.2, 0.25) is 0 Å². The van der Waals surface area contributed by atoms with E-state index < -0.39 is 22.5 Å². The fourth-order valence-electron chi connectivity index (χ4n) is 3.71. The number of fused-ring (bicyclic) bond motifs is 1. The van der Waals surface area contributed by atoms with Crippen molar-refractivity contribution < 1.29 is 23.1 Å². The molecule has 0 aliphatic rings. The molecule has 184 valence electrons. The molecular weight excluding hydrogens is 478 g/mol. The number of sulfonamides is 1. The molecule has 4 rings (SSSR count). The Morgan fingerprint density at radius 1 is 0.972 bits per heavy atom. The number of anilines is 1. The molecule has 0 aliphatic heterocycles. The van der Waals surface area contributed by atoms with Gasteiger partial charge in [0, 0.05) is 5.56 Å². The number of hydrogen-bond donors (Lipinski definition) is 2. The van der Waals surface area contributed by atoms with Crippen LogP contribution < -0.4 is 14.5 Å². The Balaban J connectivity index is 1.63. The van der Waals surface area contributed by atoms with Gasteiger partial charge < -0.3 is 9.84 Å². The topological polar surface area (TPSA) is 108 Å². The van der Waals surface area contributed by atoms with E-state index >= 15 is 0 Å². The number of carbonyl (C=O) groups is 1. The normalized spacial score (nSPS) is 11.5. The van der Waals surface area contributed by atoms with Crippen LogP contribution in [0.4, 0.5) is 5.69 Å². The minimum Gasteiger partial charge on any atom is -0.507 e. The fraction of sp³-hybridized carbons (Fsp3) is 0.111. The highest BCUT2D eigenvalue weighted by Gasteiger charge is 2.29. The van der Waals surface area contributed by atoms with Crippen molar-refractivity contribution in [3.05, 3.63) is 96.6 Å². The predicted octanol–water partition coefficient (Wildman–Crippen LogP) is 4.29. The van der Waals surface area contributed by atoms with Crippen LogP contribution in [0.5, 0.6) is 11.5 Å². The third-order valence-electron chi connectivity index (χ3n) is 5.38. The first kappa shape index (κ1) is 24.7. The number of rotatable bonds is 9. The Morgan fingerprint density at radius 2 is 1.67 bits per heavy atom. The maximum absolute atomic E-state index is 13.5. The quantitative estimate of drug-likeness (QED) is 0.262. The SMILES string of the molecule is CCOc1ccccc1N(CC(=O)N/N=C\c1c(O)ccc2ccccc12)S(=O)(=O)c1ccccc1. The smallest absolute Gasteiger partial charge is 0.264 e. The van der Waals surface area contributed by atoms with E-state index in [-0.39, 0.29) is 16.3 Å². The van der Waals surface area contributed by atoms with Crippen LogP contribution in [0.15, 0.2) is 101 Å². The van der Waals surface area contributed by atoms with Crippen LogP contribution in [-0.2, 0) is 14.8 Å². The van der Waals surface area contributed by atoms with Crippen LogP contribution in [0.25, 0.3) is 10.8 Å². The van der Waals surface area contributed by atoms with Crippen molar-refractivity contribution in [2.45, 2.75) is 11.8 Å². The molecule has 8 nitrogen and oxygen atoms in total. The highest BCUT2D eigenvalue weighted by Crippen LogP contribution is 2.32. The van der Waals surface area contributed by atoms with Crippen LogP contribution in [0.3, 0.4) is 0 Å². The number of hydrazone groups is 1. The number of benzene rings is 4. The van der Waals surface area contributed by atoms with Crippen molar-refractivity contribution >= 4 is 38.6 Å². The molecular formula is C27H25N3O5S. The van der Waals surface area contributed by atoms with Crippen molar-refractivity contribution in [2.75, 3.05) is 17.5 Å². The van der Waals surface area contributed by atoms with Gasteiger partial charge >= 0.3 is 0 Å². The summed E-state index contributed by atoms with van der Waals surface area (Å²) in [6, 6.07) is 25.2. The molecule has 0 heterocycles. The van der Waals surface area contributed by atoms with Crippen LogP contribution in [0.2, 0.25) is 0 Å². The first-order valence-corrected chi connectivity index (χ1v) is 12.7. The fourth-order valence-corrected chi connectivity index (χ4v) is 5.17. The summed E-state index contributed by atoms with van der Waals surface area (Å²) < 4.78 is 33.7. The standard InChI is InChI=1S/C27H25N3O5S/c1-2-35-26-15-9-8-14-24(26)30(36(33,34)21-11-4-3-5-12-21)19-27(32)29-28-18-23-22-13-7-6-10-20(22)16-17-25(23)31/h3-18,31H,2,19H2,1H3,(H,29,32)/b28-18-. The number of phenolic OH excluding ortho intramolecular Hbond substituents is 1. The second-order valence-corrected chi connectivity index (χ2v) is 9.60. The van der Waals surface area contributed by atoms with Crippen LogP contribution in [-0.4, -0.2) is 38.8 Å². The van der Waals surface area contributed by atoms with Crippen molar-refractivity contribution in [1.82, 2.24) is 5.43 Å². The first-order chi connectivity index (χ1) is 17.4. The van der Waals surface area contributed by atoms with E-state index in [0.29, 0.717) is 17.9 Å². The molecule has 0 bridgehead atoms. The zero-order valence-electron chi connectivity index (χ0n) is 19.5. The van der Waals surface area contributed by atoms with E-state index in [4.69, 9.17) is 4.74 Å². The lowest BCUT2D eigenvalue weighted by Gasteiger charge is -2.25. The van der Waals surface area contributed by atoms with Crippen LogP contribution in [0, 0.1) is 0 Å². The average molecular weight is 504 g/mol.